The van der Waals surface area contributed by atoms with Crippen molar-refractivity contribution in [1.82, 2.24) is 0 Å². The van der Waals surface area contributed by atoms with Crippen molar-refractivity contribution >= 4 is 5.97 Å². The van der Waals surface area contributed by atoms with Gasteiger partial charge in [-0.3, -0.25) is 4.79 Å². The van der Waals surface area contributed by atoms with Gasteiger partial charge in [-0.1, -0.05) is 54.7 Å². The Morgan fingerprint density at radius 2 is 1.95 bits per heavy atom. The van der Waals surface area contributed by atoms with E-state index in [0.717, 1.165) is 37.7 Å². The average Bonchev–Trinajstić information content (AvgIpc) is 2.50. The average molecular weight is 275 g/mol. The largest absolute Gasteiger partial charge is 0.469 e. The molecule has 5 nitrogen and oxygen atoms in total. The highest BCUT2D eigenvalue weighted by molar-refractivity contribution is 5.68. The Kier molecular flexibility index (Phi) is 7.92. The minimum atomic E-state index is -0.152. The summed E-state index contributed by atoms with van der Waals surface area (Å²) in [4.78, 5) is 13.9. The lowest BCUT2D eigenvalue weighted by atomic mass is 10.0. The maximum atomic E-state index is 10.9. The van der Waals surface area contributed by atoms with E-state index in [1.165, 1.54) is 7.11 Å². The van der Waals surface area contributed by atoms with Crippen molar-refractivity contribution in [2.24, 2.45) is 5.11 Å². The van der Waals surface area contributed by atoms with Crippen LogP contribution in [0.15, 0.2) is 35.4 Å². The van der Waals surface area contributed by atoms with Crippen molar-refractivity contribution in [3.63, 3.8) is 0 Å². The van der Waals surface area contributed by atoms with Gasteiger partial charge in [-0.25, -0.2) is 0 Å². The fourth-order valence-corrected chi connectivity index (χ4v) is 2.09. The van der Waals surface area contributed by atoms with E-state index in [4.69, 9.17) is 5.53 Å². The van der Waals surface area contributed by atoms with Crippen LogP contribution in [0.3, 0.4) is 0 Å². The maximum Gasteiger partial charge on any atom is 0.305 e. The molecule has 0 N–H and O–H groups in total. The first-order valence-corrected chi connectivity index (χ1v) is 6.94. The van der Waals surface area contributed by atoms with Crippen LogP contribution in [0.25, 0.3) is 10.4 Å². The molecule has 0 spiro atoms. The monoisotopic (exact) mass is 275 g/mol. The molecular formula is C15H21N3O2. The van der Waals surface area contributed by atoms with E-state index in [1.807, 2.05) is 30.3 Å². The first kappa shape index (κ1) is 16.1. The van der Waals surface area contributed by atoms with Crippen molar-refractivity contribution in [3.05, 3.63) is 46.3 Å². The number of carbonyl (C=O) groups is 1. The molecule has 0 heterocycles. The Labute approximate surface area is 119 Å². The number of esters is 1. The van der Waals surface area contributed by atoms with Gasteiger partial charge in [0.15, 0.2) is 0 Å². The van der Waals surface area contributed by atoms with Crippen molar-refractivity contribution in [2.75, 3.05) is 7.11 Å². The van der Waals surface area contributed by atoms with Gasteiger partial charge in [0.05, 0.1) is 13.2 Å². The minimum Gasteiger partial charge on any atom is -0.469 e. The third-order valence-corrected chi connectivity index (χ3v) is 3.21. The van der Waals surface area contributed by atoms with Crippen molar-refractivity contribution in [2.45, 2.75) is 44.6 Å². The lowest BCUT2D eigenvalue weighted by Gasteiger charge is -2.11. The van der Waals surface area contributed by atoms with E-state index in [1.54, 1.807) is 0 Å². The number of hydrogen-bond acceptors (Lipinski definition) is 3. The van der Waals surface area contributed by atoms with Crippen LogP contribution < -0.4 is 0 Å². The predicted molar refractivity (Wildman–Crippen MR) is 78.0 cm³/mol. The van der Waals surface area contributed by atoms with Crippen LogP contribution in [0.2, 0.25) is 0 Å². The molecule has 1 atom stereocenters. The van der Waals surface area contributed by atoms with Crippen LogP contribution in [0.1, 0.15) is 50.1 Å². The van der Waals surface area contributed by atoms with Crippen LogP contribution >= 0.6 is 0 Å². The number of azide groups is 1. The van der Waals surface area contributed by atoms with E-state index in [9.17, 15) is 4.79 Å². The maximum absolute atomic E-state index is 10.9. The Balaban J connectivity index is 2.27. The van der Waals surface area contributed by atoms with Gasteiger partial charge in [0.25, 0.3) is 0 Å². The second kappa shape index (κ2) is 9.87. The number of benzene rings is 1. The summed E-state index contributed by atoms with van der Waals surface area (Å²) in [5, 5.41) is 3.86. The molecule has 1 rings (SSSR count). The Morgan fingerprint density at radius 3 is 2.60 bits per heavy atom. The topological polar surface area (TPSA) is 75.1 Å². The van der Waals surface area contributed by atoms with E-state index in [2.05, 4.69) is 14.8 Å². The fraction of sp³-hybridized carbons (Fsp3) is 0.533. The molecule has 0 bridgehead atoms. The lowest BCUT2D eigenvalue weighted by Crippen LogP contribution is -1.99. The summed E-state index contributed by atoms with van der Waals surface area (Å²) in [6.45, 7) is 0. The van der Waals surface area contributed by atoms with Crippen LogP contribution in [-0.4, -0.2) is 13.1 Å². The van der Waals surface area contributed by atoms with Gasteiger partial charge >= 0.3 is 5.97 Å². The number of carbonyl (C=O) groups excluding carboxylic acids is 1. The number of hydrogen-bond donors (Lipinski definition) is 0. The molecule has 0 aromatic heterocycles. The second-order valence-electron chi connectivity index (χ2n) is 4.66. The highest BCUT2D eigenvalue weighted by Crippen LogP contribution is 2.24. The van der Waals surface area contributed by atoms with Crippen molar-refractivity contribution < 1.29 is 9.53 Å². The predicted octanol–water partition coefficient (Wildman–Crippen LogP) is 4.55. The van der Waals surface area contributed by atoms with E-state index in [-0.39, 0.29) is 12.0 Å². The number of ether oxygens (including phenoxy) is 1. The van der Waals surface area contributed by atoms with E-state index < -0.39 is 0 Å². The molecule has 0 radical (unpaired) electrons. The molecule has 0 fully saturated rings. The Hall–Kier alpha value is -2.00. The first-order chi connectivity index (χ1) is 9.77. The molecule has 108 valence electrons. The van der Waals surface area contributed by atoms with Crippen LogP contribution in [0.4, 0.5) is 0 Å². The molecule has 1 aromatic rings. The number of nitrogens with zero attached hydrogens (tertiary/aromatic N) is 3. The zero-order valence-electron chi connectivity index (χ0n) is 11.9. The molecule has 20 heavy (non-hydrogen) atoms. The molecular weight excluding hydrogens is 254 g/mol. The van der Waals surface area contributed by atoms with Gasteiger partial charge in [-0.15, -0.1) is 0 Å². The third-order valence-electron chi connectivity index (χ3n) is 3.21. The van der Waals surface area contributed by atoms with Gasteiger partial charge in [-0.2, -0.15) is 0 Å². The zero-order valence-corrected chi connectivity index (χ0v) is 11.9. The highest BCUT2D eigenvalue weighted by Gasteiger charge is 2.08. The SMILES string of the molecule is COC(=O)CCCCCCC(N=[N+]=[N-])c1ccccc1. The first-order valence-electron chi connectivity index (χ1n) is 6.94. The van der Waals surface area contributed by atoms with Crippen molar-refractivity contribution in [3.8, 4) is 0 Å². The molecule has 1 unspecified atom stereocenters. The Morgan fingerprint density at radius 1 is 1.25 bits per heavy atom. The summed E-state index contributed by atoms with van der Waals surface area (Å²) >= 11 is 0. The molecule has 5 heteroatoms. The normalized spacial score (nSPS) is 11.4. The summed E-state index contributed by atoms with van der Waals surface area (Å²) < 4.78 is 4.59. The molecule has 0 aliphatic carbocycles. The van der Waals surface area contributed by atoms with Crippen LogP contribution in [0.5, 0.6) is 0 Å². The van der Waals surface area contributed by atoms with Crippen molar-refractivity contribution in [1.29, 1.82) is 0 Å². The van der Waals surface area contributed by atoms with Crippen LogP contribution in [0, 0.1) is 0 Å². The standard InChI is InChI=1S/C15H21N3O2/c1-20-15(19)12-8-3-2-7-11-14(17-18-16)13-9-5-4-6-10-13/h4-6,9-10,14H,2-3,7-8,11-12H2,1H3. The quantitative estimate of drug-likeness (QED) is 0.218. The lowest BCUT2D eigenvalue weighted by molar-refractivity contribution is -0.140. The summed E-state index contributed by atoms with van der Waals surface area (Å²) in [5.41, 5.74) is 9.69. The van der Waals surface area contributed by atoms with Gasteiger partial charge < -0.3 is 4.74 Å². The van der Waals surface area contributed by atoms with Gasteiger partial charge in [0.2, 0.25) is 0 Å². The van der Waals surface area contributed by atoms with Gasteiger partial charge in [0, 0.05) is 11.3 Å². The number of methoxy groups -OCH3 is 1. The summed E-state index contributed by atoms with van der Waals surface area (Å²) in [6, 6.07) is 9.72. The summed E-state index contributed by atoms with van der Waals surface area (Å²) in [6.07, 6.45) is 5.18. The van der Waals surface area contributed by atoms with Crippen LogP contribution in [-0.2, 0) is 9.53 Å². The Bertz CT molecular complexity index is 442. The fourth-order valence-electron chi connectivity index (χ4n) is 2.09. The van der Waals surface area contributed by atoms with Gasteiger partial charge in [-0.05, 0) is 23.9 Å². The summed E-state index contributed by atoms with van der Waals surface area (Å²) in [7, 11) is 1.41. The molecule has 0 saturated carbocycles. The number of rotatable bonds is 9. The molecule has 0 saturated heterocycles. The van der Waals surface area contributed by atoms with Gasteiger partial charge in [0.1, 0.15) is 0 Å². The van der Waals surface area contributed by atoms with E-state index in [0.29, 0.717) is 6.42 Å². The number of unbranched alkanes of at least 4 members (excludes halogenated alkanes) is 3. The third kappa shape index (κ3) is 6.25. The molecule has 0 amide bonds. The molecule has 0 aliphatic rings. The molecule has 1 aromatic carbocycles. The second-order valence-corrected chi connectivity index (χ2v) is 4.66. The summed E-state index contributed by atoms with van der Waals surface area (Å²) in [5.74, 6) is -0.152. The highest BCUT2D eigenvalue weighted by atomic mass is 16.5. The van der Waals surface area contributed by atoms with E-state index >= 15 is 0 Å². The molecule has 0 aliphatic heterocycles. The minimum absolute atomic E-state index is 0.0955. The zero-order chi connectivity index (χ0) is 14.6. The smallest absolute Gasteiger partial charge is 0.305 e.